The molecule has 0 bridgehead atoms. The van der Waals surface area contributed by atoms with E-state index in [1.54, 1.807) is 0 Å². The lowest BCUT2D eigenvalue weighted by molar-refractivity contribution is -0.185. The summed E-state index contributed by atoms with van der Waals surface area (Å²) < 4.78 is 13.6. The fraction of sp³-hybridized carbons (Fsp3) is 0.814. The van der Waals surface area contributed by atoms with E-state index in [9.17, 15) is 0 Å². The van der Waals surface area contributed by atoms with Gasteiger partial charge in [0.15, 0.2) is 5.79 Å². The molecule has 0 spiro atoms. The quantitative estimate of drug-likeness (QED) is 0.0576. The molecule has 0 radical (unpaired) electrons. The molecular formula is C43H77NO2. The zero-order valence-electron chi connectivity index (χ0n) is 31.0. The predicted molar refractivity (Wildman–Crippen MR) is 203 cm³/mol. The van der Waals surface area contributed by atoms with Crippen LogP contribution < -0.4 is 0 Å². The van der Waals surface area contributed by atoms with Crippen molar-refractivity contribution in [3.05, 3.63) is 48.6 Å². The fourth-order valence-electron chi connectivity index (χ4n) is 7.00. The molecule has 2 aliphatic rings. The van der Waals surface area contributed by atoms with Gasteiger partial charge in [-0.25, -0.2) is 0 Å². The number of hydrogen-bond acceptors (Lipinski definition) is 3. The number of rotatable bonds is 30. The van der Waals surface area contributed by atoms with Gasteiger partial charge in [0, 0.05) is 25.9 Å². The zero-order valence-corrected chi connectivity index (χ0v) is 31.0. The number of likely N-dealkylation sites (tertiary alicyclic amines) is 1. The van der Waals surface area contributed by atoms with Crippen molar-refractivity contribution in [2.24, 2.45) is 0 Å². The zero-order chi connectivity index (χ0) is 32.8. The van der Waals surface area contributed by atoms with Gasteiger partial charge in [0.2, 0.25) is 0 Å². The number of allylic oxidation sites excluding steroid dienone is 8. The van der Waals surface area contributed by atoms with E-state index in [1.807, 2.05) is 0 Å². The van der Waals surface area contributed by atoms with Gasteiger partial charge in [-0.1, -0.05) is 140 Å². The molecule has 2 rings (SSSR count). The Bertz CT molecular complexity index is 751. The maximum Gasteiger partial charge on any atom is 0.169 e. The van der Waals surface area contributed by atoms with E-state index in [0.29, 0.717) is 6.10 Å². The smallest absolute Gasteiger partial charge is 0.169 e. The van der Waals surface area contributed by atoms with Gasteiger partial charge in [-0.2, -0.15) is 0 Å². The highest BCUT2D eigenvalue weighted by Gasteiger charge is 2.48. The SMILES string of the molecule is CCCCC/C=C\C/C=C\CCCCCCCCC1(CCCCCCCC/C=C\C/C=C\CCCCC)OC2CCN(C)CC2O1. The van der Waals surface area contributed by atoms with Crippen LogP contribution in [0.4, 0.5) is 0 Å². The number of ether oxygens (including phenoxy) is 2. The van der Waals surface area contributed by atoms with Crippen molar-refractivity contribution in [3.8, 4) is 0 Å². The maximum atomic E-state index is 6.78. The molecule has 0 aromatic heterocycles. The highest BCUT2D eigenvalue weighted by Crippen LogP contribution is 2.40. The van der Waals surface area contributed by atoms with Crippen molar-refractivity contribution in [1.29, 1.82) is 0 Å². The first-order valence-electron chi connectivity index (χ1n) is 20.3. The van der Waals surface area contributed by atoms with Crippen molar-refractivity contribution in [3.63, 3.8) is 0 Å². The van der Waals surface area contributed by atoms with E-state index in [1.165, 1.54) is 141 Å². The van der Waals surface area contributed by atoms with Crippen LogP contribution in [0.1, 0.15) is 187 Å². The minimum Gasteiger partial charge on any atom is -0.344 e. The lowest BCUT2D eigenvalue weighted by Gasteiger charge is -2.29. The third kappa shape index (κ3) is 20.9. The molecule has 2 aliphatic heterocycles. The Balaban J connectivity index is 1.53. The van der Waals surface area contributed by atoms with Crippen molar-refractivity contribution in [1.82, 2.24) is 4.90 Å². The Morgan fingerprint density at radius 2 is 0.891 bits per heavy atom. The van der Waals surface area contributed by atoms with E-state index < -0.39 is 0 Å². The molecular weight excluding hydrogens is 562 g/mol. The summed E-state index contributed by atoms with van der Waals surface area (Å²) in [5.41, 5.74) is 0. The van der Waals surface area contributed by atoms with Gasteiger partial charge < -0.3 is 14.4 Å². The standard InChI is InChI=1S/C43H77NO2/c1-4-6-8-10-12-14-16-18-20-22-24-26-28-30-32-34-37-43(45-41-36-39-44(3)40-42(41)46-43)38-35-33-31-29-27-25-23-21-19-17-15-13-11-9-7-5-2/h12-15,18-21,41-42H,4-11,16-17,22-40H2,1-3H3/b14-12-,15-13-,20-18-,21-19-. The van der Waals surface area contributed by atoms with E-state index in [2.05, 4.69) is 74.4 Å². The lowest BCUT2D eigenvalue weighted by atomic mass is 9.98. The molecule has 0 aromatic rings. The molecule has 2 saturated heterocycles. The van der Waals surface area contributed by atoms with Crippen LogP contribution in [0.15, 0.2) is 48.6 Å². The molecule has 2 heterocycles. The average molecular weight is 640 g/mol. The lowest BCUT2D eigenvalue weighted by Crippen LogP contribution is -2.43. The summed E-state index contributed by atoms with van der Waals surface area (Å²) in [6.45, 7) is 6.70. The van der Waals surface area contributed by atoms with Crippen LogP contribution in [0.25, 0.3) is 0 Å². The van der Waals surface area contributed by atoms with Crippen LogP contribution in [-0.2, 0) is 9.47 Å². The van der Waals surface area contributed by atoms with E-state index in [4.69, 9.17) is 9.47 Å². The second kappa shape index (κ2) is 28.8. The van der Waals surface area contributed by atoms with Crippen LogP contribution >= 0.6 is 0 Å². The van der Waals surface area contributed by atoms with E-state index in [-0.39, 0.29) is 11.9 Å². The highest BCUT2D eigenvalue weighted by molar-refractivity contribution is 4.94. The second-order valence-corrected chi connectivity index (χ2v) is 14.4. The Labute approximate surface area is 287 Å². The molecule has 0 aromatic carbocycles. The summed E-state index contributed by atoms with van der Waals surface area (Å²) in [6.07, 6.45) is 53.8. The van der Waals surface area contributed by atoms with Gasteiger partial charge in [-0.05, 0) is 90.5 Å². The van der Waals surface area contributed by atoms with Gasteiger partial charge >= 0.3 is 0 Å². The predicted octanol–water partition coefficient (Wildman–Crippen LogP) is 13.2. The Kier molecular flexibility index (Phi) is 25.7. The molecule has 266 valence electrons. The largest absolute Gasteiger partial charge is 0.344 e. The van der Waals surface area contributed by atoms with E-state index in [0.717, 1.165) is 45.2 Å². The van der Waals surface area contributed by atoms with Crippen LogP contribution in [0, 0.1) is 0 Å². The van der Waals surface area contributed by atoms with Crippen LogP contribution in [0.2, 0.25) is 0 Å². The minimum atomic E-state index is -0.314. The van der Waals surface area contributed by atoms with Crippen LogP contribution in [-0.4, -0.2) is 43.0 Å². The number of nitrogens with zero attached hydrogens (tertiary/aromatic N) is 1. The molecule has 2 unspecified atom stereocenters. The molecule has 3 heteroatoms. The molecule has 0 saturated carbocycles. The molecule has 0 amide bonds. The average Bonchev–Trinajstić information content (AvgIpc) is 3.41. The molecule has 46 heavy (non-hydrogen) atoms. The van der Waals surface area contributed by atoms with Crippen molar-refractivity contribution in [2.45, 2.75) is 205 Å². The fourth-order valence-corrected chi connectivity index (χ4v) is 7.00. The van der Waals surface area contributed by atoms with Gasteiger partial charge in [0.25, 0.3) is 0 Å². The Hall–Kier alpha value is -1.16. The summed E-state index contributed by atoms with van der Waals surface area (Å²) in [5.74, 6) is -0.314. The number of unbranched alkanes of at least 4 members (excludes halogenated alkanes) is 18. The third-order valence-corrected chi connectivity index (χ3v) is 9.95. The highest BCUT2D eigenvalue weighted by atomic mass is 16.8. The molecule has 2 atom stereocenters. The molecule has 0 N–H and O–H groups in total. The van der Waals surface area contributed by atoms with Gasteiger partial charge in [0.05, 0.1) is 12.2 Å². The van der Waals surface area contributed by atoms with Crippen LogP contribution in [0.3, 0.4) is 0 Å². The summed E-state index contributed by atoms with van der Waals surface area (Å²) >= 11 is 0. The number of piperidine rings is 1. The second-order valence-electron chi connectivity index (χ2n) is 14.4. The van der Waals surface area contributed by atoms with E-state index >= 15 is 0 Å². The maximum absolute atomic E-state index is 6.78. The molecule has 0 aliphatic carbocycles. The molecule has 2 fully saturated rings. The van der Waals surface area contributed by atoms with Gasteiger partial charge in [-0.15, -0.1) is 0 Å². The number of likely N-dealkylation sites (N-methyl/N-ethyl adjacent to an activating group) is 1. The Morgan fingerprint density at radius 1 is 0.500 bits per heavy atom. The van der Waals surface area contributed by atoms with Crippen molar-refractivity contribution in [2.75, 3.05) is 20.1 Å². The summed E-state index contributed by atoms with van der Waals surface area (Å²) in [4.78, 5) is 2.42. The van der Waals surface area contributed by atoms with Gasteiger partial charge in [-0.3, -0.25) is 0 Å². The first-order valence-corrected chi connectivity index (χ1v) is 20.3. The first kappa shape index (κ1) is 41.0. The van der Waals surface area contributed by atoms with Crippen molar-refractivity contribution >= 4 is 0 Å². The van der Waals surface area contributed by atoms with Gasteiger partial charge in [0.1, 0.15) is 0 Å². The third-order valence-electron chi connectivity index (χ3n) is 9.95. The topological polar surface area (TPSA) is 21.7 Å². The number of hydrogen-bond donors (Lipinski definition) is 0. The first-order chi connectivity index (χ1) is 22.7. The summed E-state index contributed by atoms with van der Waals surface area (Å²) in [5, 5.41) is 0. The monoisotopic (exact) mass is 640 g/mol. The van der Waals surface area contributed by atoms with Crippen LogP contribution in [0.5, 0.6) is 0 Å². The summed E-state index contributed by atoms with van der Waals surface area (Å²) in [7, 11) is 2.23. The van der Waals surface area contributed by atoms with Crippen molar-refractivity contribution < 1.29 is 9.47 Å². The number of fused-ring (bicyclic) bond motifs is 1. The Morgan fingerprint density at radius 3 is 1.35 bits per heavy atom. The minimum absolute atomic E-state index is 0.271. The molecule has 3 nitrogen and oxygen atoms in total. The normalized spacial score (nSPS) is 20.3. The summed E-state index contributed by atoms with van der Waals surface area (Å²) in [6, 6.07) is 0.